The SMILES string of the molecule is CCOCC(C)(O)Cc1ccccc1OC. The van der Waals surface area contributed by atoms with Gasteiger partial charge in [-0.25, -0.2) is 0 Å². The lowest BCUT2D eigenvalue weighted by molar-refractivity contribution is -0.0299. The Bertz CT molecular complexity index is 321. The number of hydrogen-bond acceptors (Lipinski definition) is 3. The van der Waals surface area contributed by atoms with Crippen LogP contribution in [0.2, 0.25) is 0 Å². The summed E-state index contributed by atoms with van der Waals surface area (Å²) in [6.45, 7) is 4.64. The molecule has 0 heterocycles. The minimum absolute atomic E-state index is 0.335. The molecule has 1 aromatic carbocycles. The highest BCUT2D eigenvalue weighted by atomic mass is 16.5. The molecular weight excluding hydrogens is 204 g/mol. The van der Waals surface area contributed by atoms with E-state index < -0.39 is 5.60 Å². The van der Waals surface area contributed by atoms with Crippen LogP contribution in [0.25, 0.3) is 0 Å². The van der Waals surface area contributed by atoms with Crippen LogP contribution in [0.1, 0.15) is 19.4 Å². The van der Waals surface area contributed by atoms with Crippen molar-refractivity contribution in [2.75, 3.05) is 20.3 Å². The second-order valence-electron chi connectivity index (χ2n) is 4.12. The molecule has 16 heavy (non-hydrogen) atoms. The fourth-order valence-corrected chi connectivity index (χ4v) is 1.63. The van der Waals surface area contributed by atoms with E-state index in [4.69, 9.17) is 9.47 Å². The third-order valence-electron chi connectivity index (χ3n) is 2.38. The normalized spacial score (nSPS) is 14.5. The summed E-state index contributed by atoms with van der Waals surface area (Å²) in [6.07, 6.45) is 0.525. The Hall–Kier alpha value is -1.06. The maximum Gasteiger partial charge on any atom is 0.122 e. The molecule has 0 bridgehead atoms. The number of benzene rings is 1. The first-order valence-electron chi connectivity index (χ1n) is 5.51. The Morgan fingerprint density at radius 2 is 2.00 bits per heavy atom. The highest BCUT2D eigenvalue weighted by Crippen LogP contribution is 2.22. The summed E-state index contributed by atoms with van der Waals surface area (Å²) in [5, 5.41) is 10.1. The summed E-state index contributed by atoms with van der Waals surface area (Å²) >= 11 is 0. The van der Waals surface area contributed by atoms with Crippen LogP contribution in [0.5, 0.6) is 5.75 Å². The zero-order valence-electron chi connectivity index (χ0n) is 10.2. The number of ether oxygens (including phenoxy) is 2. The van der Waals surface area contributed by atoms with E-state index in [0.29, 0.717) is 19.6 Å². The van der Waals surface area contributed by atoms with Gasteiger partial charge in [-0.1, -0.05) is 18.2 Å². The maximum absolute atomic E-state index is 10.1. The molecular formula is C13H20O3. The first-order chi connectivity index (χ1) is 7.59. The summed E-state index contributed by atoms with van der Waals surface area (Å²) < 4.78 is 10.5. The fraction of sp³-hybridized carbons (Fsp3) is 0.538. The summed E-state index contributed by atoms with van der Waals surface area (Å²) in [6, 6.07) is 7.71. The van der Waals surface area contributed by atoms with Crippen molar-refractivity contribution in [3.05, 3.63) is 29.8 Å². The third-order valence-corrected chi connectivity index (χ3v) is 2.38. The lowest BCUT2D eigenvalue weighted by Crippen LogP contribution is -2.33. The van der Waals surface area contributed by atoms with Crippen molar-refractivity contribution in [2.45, 2.75) is 25.9 Å². The lowest BCUT2D eigenvalue weighted by atomic mass is 9.97. The van der Waals surface area contributed by atoms with Gasteiger partial charge in [0.15, 0.2) is 0 Å². The number of rotatable bonds is 6. The molecule has 1 unspecified atom stereocenters. The zero-order valence-corrected chi connectivity index (χ0v) is 10.2. The highest BCUT2D eigenvalue weighted by molar-refractivity contribution is 5.34. The summed E-state index contributed by atoms with van der Waals surface area (Å²) in [5.41, 5.74) is 0.139. The van der Waals surface area contributed by atoms with Gasteiger partial charge in [0.25, 0.3) is 0 Å². The predicted octanol–water partition coefficient (Wildman–Crippen LogP) is 2.03. The Morgan fingerprint density at radius 1 is 1.31 bits per heavy atom. The van der Waals surface area contributed by atoms with Crippen molar-refractivity contribution in [1.29, 1.82) is 0 Å². The Balaban J connectivity index is 2.71. The maximum atomic E-state index is 10.1. The lowest BCUT2D eigenvalue weighted by Gasteiger charge is -2.23. The average molecular weight is 224 g/mol. The highest BCUT2D eigenvalue weighted by Gasteiger charge is 2.22. The topological polar surface area (TPSA) is 38.7 Å². The Kier molecular flexibility index (Phi) is 4.77. The number of hydrogen-bond donors (Lipinski definition) is 1. The summed E-state index contributed by atoms with van der Waals surface area (Å²) in [7, 11) is 1.64. The molecule has 0 saturated heterocycles. The molecule has 1 atom stereocenters. The van der Waals surface area contributed by atoms with Crippen LogP contribution in [0, 0.1) is 0 Å². The van der Waals surface area contributed by atoms with Gasteiger partial charge in [-0.2, -0.15) is 0 Å². The van der Waals surface area contributed by atoms with Crippen molar-refractivity contribution < 1.29 is 14.6 Å². The van der Waals surface area contributed by atoms with Gasteiger partial charge in [-0.05, 0) is 25.5 Å². The zero-order chi connectivity index (χ0) is 12.0. The Labute approximate surface area is 97.0 Å². The van der Waals surface area contributed by atoms with Crippen LogP contribution in [0.4, 0.5) is 0 Å². The van der Waals surface area contributed by atoms with E-state index in [9.17, 15) is 5.11 Å². The van der Waals surface area contributed by atoms with Crippen LogP contribution in [0.3, 0.4) is 0 Å². The molecule has 0 aromatic heterocycles. The van der Waals surface area contributed by atoms with Gasteiger partial charge in [0.1, 0.15) is 5.75 Å². The first-order valence-corrected chi connectivity index (χ1v) is 5.51. The second kappa shape index (κ2) is 5.87. The quantitative estimate of drug-likeness (QED) is 0.803. The average Bonchev–Trinajstić information content (AvgIpc) is 2.27. The summed E-state index contributed by atoms with van der Waals surface area (Å²) in [4.78, 5) is 0. The minimum atomic E-state index is -0.857. The number of para-hydroxylation sites is 1. The van der Waals surface area contributed by atoms with Gasteiger partial charge in [0.05, 0.1) is 19.3 Å². The van der Waals surface area contributed by atoms with Crippen molar-refractivity contribution in [3.8, 4) is 5.75 Å². The van der Waals surface area contributed by atoms with E-state index in [-0.39, 0.29) is 0 Å². The van der Waals surface area contributed by atoms with Gasteiger partial charge in [-0.3, -0.25) is 0 Å². The van der Waals surface area contributed by atoms with Crippen molar-refractivity contribution in [3.63, 3.8) is 0 Å². The van der Waals surface area contributed by atoms with Crippen molar-refractivity contribution >= 4 is 0 Å². The molecule has 0 spiro atoms. The second-order valence-corrected chi connectivity index (χ2v) is 4.12. The van der Waals surface area contributed by atoms with Crippen LogP contribution in [-0.2, 0) is 11.2 Å². The smallest absolute Gasteiger partial charge is 0.122 e. The van der Waals surface area contributed by atoms with Crippen LogP contribution in [-0.4, -0.2) is 31.0 Å². The van der Waals surface area contributed by atoms with E-state index in [1.807, 2.05) is 31.2 Å². The minimum Gasteiger partial charge on any atom is -0.496 e. The van der Waals surface area contributed by atoms with Crippen molar-refractivity contribution in [2.24, 2.45) is 0 Å². The van der Waals surface area contributed by atoms with Gasteiger partial charge in [0.2, 0.25) is 0 Å². The monoisotopic (exact) mass is 224 g/mol. The standard InChI is InChI=1S/C13H20O3/c1-4-16-10-13(2,14)9-11-7-5-6-8-12(11)15-3/h5-8,14H,4,9-10H2,1-3H3. The van der Waals surface area contributed by atoms with Gasteiger partial charge in [-0.15, -0.1) is 0 Å². The molecule has 0 saturated carbocycles. The molecule has 3 heteroatoms. The van der Waals surface area contributed by atoms with E-state index in [0.717, 1.165) is 11.3 Å². The molecule has 90 valence electrons. The third kappa shape index (κ3) is 3.83. The van der Waals surface area contributed by atoms with E-state index in [1.54, 1.807) is 14.0 Å². The number of methoxy groups -OCH3 is 1. The molecule has 0 aliphatic heterocycles. The molecule has 0 fully saturated rings. The molecule has 0 radical (unpaired) electrons. The molecule has 1 rings (SSSR count). The summed E-state index contributed by atoms with van der Waals surface area (Å²) in [5.74, 6) is 0.805. The van der Waals surface area contributed by atoms with Crippen LogP contribution in [0.15, 0.2) is 24.3 Å². The largest absolute Gasteiger partial charge is 0.496 e. The van der Waals surface area contributed by atoms with Gasteiger partial charge in [0, 0.05) is 13.0 Å². The van der Waals surface area contributed by atoms with Crippen LogP contribution >= 0.6 is 0 Å². The molecule has 0 aliphatic rings. The van der Waals surface area contributed by atoms with E-state index in [1.165, 1.54) is 0 Å². The first kappa shape index (κ1) is 13.0. The van der Waals surface area contributed by atoms with Crippen LogP contribution < -0.4 is 4.74 Å². The van der Waals surface area contributed by atoms with E-state index >= 15 is 0 Å². The molecule has 3 nitrogen and oxygen atoms in total. The molecule has 0 amide bonds. The number of aliphatic hydroxyl groups is 1. The van der Waals surface area contributed by atoms with E-state index in [2.05, 4.69) is 0 Å². The molecule has 0 aliphatic carbocycles. The Morgan fingerprint density at radius 3 is 2.62 bits per heavy atom. The molecule has 1 N–H and O–H groups in total. The van der Waals surface area contributed by atoms with Crippen molar-refractivity contribution in [1.82, 2.24) is 0 Å². The predicted molar refractivity (Wildman–Crippen MR) is 63.8 cm³/mol. The fourth-order valence-electron chi connectivity index (χ4n) is 1.63. The van der Waals surface area contributed by atoms with Gasteiger partial charge >= 0.3 is 0 Å². The van der Waals surface area contributed by atoms with Gasteiger partial charge < -0.3 is 14.6 Å². The molecule has 1 aromatic rings.